The highest BCUT2D eigenvalue weighted by molar-refractivity contribution is 5.68. The zero-order chi connectivity index (χ0) is 13.1. The topological polar surface area (TPSA) is 26.3 Å². The molecule has 4 heteroatoms. The van der Waals surface area contributed by atoms with Crippen molar-refractivity contribution in [1.82, 2.24) is 0 Å². The molecule has 0 rings (SSSR count). The van der Waals surface area contributed by atoms with E-state index in [2.05, 4.69) is 21.0 Å². The Morgan fingerprint density at radius 2 is 1.61 bits per heavy atom. The number of hydrogen-bond donors (Lipinski definition) is 0. The summed E-state index contributed by atoms with van der Waals surface area (Å²) in [6, 6.07) is 0. The summed E-state index contributed by atoms with van der Waals surface area (Å²) in [4.78, 5) is 11.0. The zero-order valence-electron chi connectivity index (χ0n) is 12.5. The summed E-state index contributed by atoms with van der Waals surface area (Å²) in [5.41, 5.74) is 0. The number of hydrogen-bond acceptors (Lipinski definition) is 2. The molecule has 0 aliphatic carbocycles. The molecule has 0 saturated heterocycles. The van der Waals surface area contributed by atoms with Crippen molar-refractivity contribution in [2.24, 2.45) is 0 Å². The quantitative estimate of drug-likeness (QED) is 0.234. The van der Waals surface area contributed by atoms with Gasteiger partial charge in [0.1, 0.15) is 0 Å². The minimum absolute atomic E-state index is 0. The first-order valence-corrected chi connectivity index (χ1v) is 6.99. The fraction of sp³-hybridized carbons (Fsp3) is 0.929. The van der Waals surface area contributed by atoms with E-state index in [9.17, 15) is 4.79 Å². The molecule has 0 aromatic heterocycles. The van der Waals surface area contributed by atoms with Gasteiger partial charge in [-0.05, 0) is 12.8 Å². The summed E-state index contributed by atoms with van der Waals surface area (Å²) in [5.74, 6) is -0.0850. The van der Waals surface area contributed by atoms with Crippen LogP contribution in [0.25, 0.3) is 0 Å². The van der Waals surface area contributed by atoms with Gasteiger partial charge in [-0.1, -0.05) is 26.7 Å². The summed E-state index contributed by atoms with van der Waals surface area (Å²) >= 11 is 0. The van der Waals surface area contributed by atoms with Gasteiger partial charge in [0.2, 0.25) is 0 Å². The summed E-state index contributed by atoms with van der Waals surface area (Å²) in [6.45, 7) is 6.95. The third-order valence-electron chi connectivity index (χ3n) is 3.08. The minimum atomic E-state index is -0.0850. The maximum atomic E-state index is 11.0. The lowest BCUT2D eigenvalue weighted by Crippen LogP contribution is -3.00. The van der Waals surface area contributed by atoms with E-state index in [4.69, 9.17) is 4.74 Å². The van der Waals surface area contributed by atoms with Crippen molar-refractivity contribution in [2.45, 2.75) is 52.4 Å². The monoisotopic (exact) mass is 371 g/mol. The predicted molar refractivity (Wildman–Crippen MR) is 71.9 cm³/mol. The van der Waals surface area contributed by atoms with E-state index in [0.717, 1.165) is 17.4 Å². The van der Waals surface area contributed by atoms with E-state index in [1.165, 1.54) is 32.2 Å². The van der Waals surface area contributed by atoms with E-state index >= 15 is 0 Å². The molecule has 0 radical (unpaired) electrons. The lowest BCUT2D eigenvalue weighted by atomic mass is 10.2. The van der Waals surface area contributed by atoms with Gasteiger partial charge in [0.15, 0.2) is 0 Å². The fourth-order valence-electron chi connectivity index (χ4n) is 1.86. The van der Waals surface area contributed by atoms with Crippen molar-refractivity contribution < 1.29 is 38.0 Å². The summed E-state index contributed by atoms with van der Waals surface area (Å²) in [7, 11) is 4.52. The van der Waals surface area contributed by atoms with Crippen LogP contribution in [-0.2, 0) is 9.53 Å². The van der Waals surface area contributed by atoms with Crippen LogP contribution in [0.3, 0.4) is 0 Å². The van der Waals surface area contributed by atoms with Crippen LogP contribution in [0.4, 0.5) is 0 Å². The van der Waals surface area contributed by atoms with Gasteiger partial charge in [-0.3, -0.25) is 4.79 Å². The Hall–Kier alpha value is 0.160. The van der Waals surface area contributed by atoms with Crippen LogP contribution >= 0.6 is 0 Å². The average molecular weight is 371 g/mol. The molecule has 0 heterocycles. The van der Waals surface area contributed by atoms with E-state index in [-0.39, 0.29) is 29.9 Å². The molecule has 0 aliphatic heterocycles. The molecule has 0 fully saturated rings. The SMILES string of the molecule is CCCCCC[N+](C)(C)CCCOC(=O)CC.[I-]. The number of nitrogens with zero attached hydrogens (tertiary/aromatic N) is 1. The van der Waals surface area contributed by atoms with Crippen molar-refractivity contribution in [3.8, 4) is 0 Å². The molecule has 18 heavy (non-hydrogen) atoms. The highest BCUT2D eigenvalue weighted by Gasteiger charge is 2.14. The van der Waals surface area contributed by atoms with E-state index in [1.807, 2.05) is 6.92 Å². The smallest absolute Gasteiger partial charge is 0.305 e. The van der Waals surface area contributed by atoms with Crippen LogP contribution in [-0.4, -0.2) is 44.2 Å². The lowest BCUT2D eigenvalue weighted by Gasteiger charge is -2.29. The molecule has 110 valence electrons. The highest BCUT2D eigenvalue weighted by Crippen LogP contribution is 2.06. The largest absolute Gasteiger partial charge is 1.00 e. The van der Waals surface area contributed by atoms with Gasteiger partial charge in [0.05, 0.1) is 33.8 Å². The third kappa shape index (κ3) is 12.6. The second-order valence-corrected chi connectivity index (χ2v) is 5.37. The molecular weight excluding hydrogens is 341 g/mol. The molecule has 0 amide bonds. The number of unbranched alkanes of at least 4 members (excludes halogenated alkanes) is 3. The Bertz CT molecular complexity index is 208. The molecule has 0 saturated carbocycles. The highest BCUT2D eigenvalue weighted by atomic mass is 127. The maximum absolute atomic E-state index is 11.0. The van der Waals surface area contributed by atoms with Crippen molar-refractivity contribution in [3.05, 3.63) is 0 Å². The molecule has 3 nitrogen and oxygen atoms in total. The molecule has 0 unspecified atom stereocenters. The van der Waals surface area contributed by atoms with E-state index < -0.39 is 0 Å². The van der Waals surface area contributed by atoms with Crippen molar-refractivity contribution in [3.63, 3.8) is 0 Å². The molecule has 0 bridgehead atoms. The molecule has 0 aromatic rings. The third-order valence-corrected chi connectivity index (χ3v) is 3.08. The average Bonchev–Trinajstić information content (AvgIpc) is 2.30. The number of esters is 1. The van der Waals surface area contributed by atoms with Gasteiger partial charge < -0.3 is 33.2 Å². The van der Waals surface area contributed by atoms with Crippen LogP contribution < -0.4 is 24.0 Å². The van der Waals surface area contributed by atoms with Crippen molar-refractivity contribution in [2.75, 3.05) is 33.8 Å². The van der Waals surface area contributed by atoms with Crippen LogP contribution in [0.1, 0.15) is 52.4 Å². The fourth-order valence-corrected chi connectivity index (χ4v) is 1.86. The molecule has 0 spiro atoms. The van der Waals surface area contributed by atoms with Gasteiger partial charge >= 0.3 is 5.97 Å². The molecule has 0 aliphatic rings. The van der Waals surface area contributed by atoms with Crippen LogP contribution in [0.2, 0.25) is 0 Å². The summed E-state index contributed by atoms with van der Waals surface area (Å²) < 4.78 is 6.12. The second kappa shape index (κ2) is 12.2. The number of carbonyl (C=O) groups excluding carboxylic acids is 1. The molecular formula is C14H30INO2. The first-order chi connectivity index (χ1) is 8.02. The summed E-state index contributed by atoms with van der Waals surface area (Å²) in [6.07, 6.45) is 6.72. The Morgan fingerprint density at radius 3 is 2.17 bits per heavy atom. The summed E-state index contributed by atoms with van der Waals surface area (Å²) in [5, 5.41) is 0. The first kappa shape index (κ1) is 20.5. The predicted octanol–water partition coefficient (Wildman–Crippen LogP) is -0.00960. The Labute approximate surface area is 130 Å². The Morgan fingerprint density at radius 1 is 1.00 bits per heavy atom. The second-order valence-electron chi connectivity index (χ2n) is 5.37. The van der Waals surface area contributed by atoms with Gasteiger partial charge in [0, 0.05) is 12.8 Å². The van der Waals surface area contributed by atoms with Crippen molar-refractivity contribution >= 4 is 5.97 Å². The standard InChI is InChI=1S/C14H30NO2.HI/c1-5-7-8-9-11-15(3,4)12-10-13-17-14(16)6-2;/h5-13H2,1-4H3;1H/q+1;/p-1. The zero-order valence-corrected chi connectivity index (χ0v) is 14.7. The normalized spacial score (nSPS) is 10.9. The number of rotatable bonds is 10. The number of quaternary nitrogens is 1. The first-order valence-electron chi connectivity index (χ1n) is 6.99. The Kier molecular flexibility index (Phi) is 13.9. The molecule has 0 aromatic carbocycles. The number of ether oxygens (including phenoxy) is 1. The van der Waals surface area contributed by atoms with Gasteiger partial charge in [-0.15, -0.1) is 0 Å². The molecule has 0 atom stereocenters. The van der Waals surface area contributed by atoms with Crippen LogP contribution in [0.15, 0.2) is 0 Å². The van der Waals surface area contributed by atoms with Gasteiger partial charge in [-0.2, -0.15) is 0 Å². The number of carbonyl (C=O) groups is 1. The maximum Gasteiger partial charge on any atom is 0.305 e. The number of halogens is 1. The minimum Gasteiger partial charge on any atom is -1.00 e. The molecule has 0 N–H and O–H groups in total. The lowest BCUT2D eigenvalue weighted by molar-refractivity contribution is -0.890. The van der Waals surface area contributed by atoms with E-state index in [1.54, 1.807) is 0 Å². The van der Waals surface area contributed by atoms with Crippen molar-refractivity contribution in [1.29, 1.82) is 0 Å². The Balaban J connectivity index is 0. The van der Waals surface area contributed by atoms with Gasteiger partial charge in [0.25, 0.3) is 0 Å². The van der Waals surface area contributed by atoms with Crippen LogP contribution in [0, 0.1) is 0 Å². The van der Waals surface area contributed by atoms with E-state index in [0.29, 0.717) is 13.0 Å². The van der Waals surface area contributed by atoms with Crippen LogP contribution in [0.5, 0.6) is 0 Å². The van der Waals surface area contributed by atoms with Gasteiger partial charge in [-0.25, -0.2) is 0 Å².